The van der Waals surface area contributed by atoms with Gasteiger partial charge in [-0.15, -0.1) is 0 Å². The topological polar surface area (TPSA) is 90.0 Å². The first-order valence-electron chi connectivity index (χ1n) is 7.47. The summed E-state index contributed by atoms with van der Waals surface area (Å²) in [6, 6.07) is 8.80. The van der Waals surface area contributed by atoms with Crippen molar-refractivity contribution in [1.82, 2.24) is 10.2 Å². The van der Waals surface area contributed by atoms with Crippen molar-refractivity contribution in [1.29, 1.82) is 0 Å². The average Bonchev–Trinajstić information content (AvgIpc) is 2.68. The number of nitrogens with zero attached hydrogens (tertiary/aromatic N) is 2. The third-order valence-corrected chi connectivity index (χ3v) is 3.70. The van der Waals surface area contributed by atoms with E-state index in [2.05, 4.69) is 5.32 Å². The number of rotatable bonds is 7. The molecule has 1 saturated heterocycles. The fourth-order valence-electron chi connectivity index (χ4n) is 2.54. The summed E-state index contributed by atoms with van der Waals surface area (Å²) in [5, 5.41) is 11.7. The highest BCUT2D eigenvalue weighted by Crippen LogP contribution is 2.18. The zero-order valence-electron chi connectivity index (χ0n) is 13.3. The van der Waals surface area contributed by atoms with Crippen LogP contribution in [0.3, 0.4) is 0 Å². The van der Waals surface area contributed by atoms with Gasteiger partial charge in [0.1, 0.15) is 12.1 Å². The first kappa shape index (κ1) is 16.8. The first-order valence-corrected chi connectivity index (χ1v) is 7.47. The highest BCUT2D eigenvalue weighted by Gasteiger charge is 2.43. The molecule has 23 heavy (non-hydrogen) atoms. The molecule has 0 aliphatic carbocycles. The summed E-state index contributed by atoms with van der Waals surface area (Å²) in [5.41, 5.74) is -0.0792. The van der Waals surface area contributed by atoms with E-state index >= 15 is 0 Å². The number of carboxylic acid groups (broad SMARTS) is 1. The van der Waals surface area contributed by atoms with E-state index in [1.807, 2.05) is 30.3 Å². The smallest absolute Gasteiger partial charge is 0.325 e. The zero-order chi connectivity index (χ0) is 17.0. The van der Waals surface area contributed by atoms with Crippen LogP contribution < -0.4 is 10.2 Å². The first-order chi connectivity index (χ1) is 10.8. The summed E-state index contributed by atoms with van der Waals surface area (Å²) in [6.45, 7) is 3.89. The summed E-state index contributed by atoms with van der Waals surface area (Å²) in [4.78, 5) is 37.8. The number of carboxylic acids is 1. The van der Waals surface area contributed by atoms with E-state index in [0.717, 1.165) is 5.69 Å². The van der Waals surface area contributed by atoms with Crippen molar-refractivity contribution < 1.29 is 19.5 Å². The summed E-state index contributed by atoms with van der Waals surface area (Å²) < 4.78 is 0. The number of nitrogens with one attached hydrogen (secondary N) is 1. The molecule has 7 nitrogen and oxygen atoms in total. The van der Waals surface area contributed by atoms with Crippen LogP contribution >= 0.6 is 0 Å². The number of hydrogen-bond acceptors (Lipinski definition) is 4. The van der Waals surface area contributed by atoms with E-state index in [1.54, 1.807) is 18.7 Å². The van der Waals surface area contributed by atoms with Crippen molar-refractivity contribution in [2.75, 3.05) is 24.5 Å². The van der Waals surface area contributed by atoms with Crippen LogP contribution in [0.4, 0.5) is 10.5 Å². The Labute approximate surface area is 134 Å². The standard InChI is InChI=1S/C16H21N3O4/c1-16(2)14(22)19(15(23)17-16)10-6-9-18(11-13(20)21)12-7-4-3-5-8-12/h3-5,7-8H,6,9-11H2,1-2H3,(H,17,23)(H,20,21). The van der Waals surface area contributed by atoms with Gasteiger partial charge in [0.2, 0.25) is 0 Å². The van der Waals surface area contributed by atoms with Crippen molar-refractivity contribution >= 4 is 23.6 Å². The lowest BCUT2D eigenvalue weighted by Gasteiger charge is -2.24. The number of carbonyl (C=O) groups excluding carboxylic acids is 2. The lowest BCUT2D eigenvalue weighted by atomic mass is 10.1. The quantitative estimate of drug-likeness (QED) is 0.739. The number of amides is 3. The number of carbonyl (C=O) groups is 3. The summed E-state index contributed by atoms with van der Waals surface area (Å²) in [6.07, 6.45) is 0.497. The zero-order valence-corrected chi connectivity index (χ0v) is 13.3. The van der Waals surface area contributed by atoms with Crippen LogP contribution in [0, 0.1) is 0 Å². The van der Waals surface area contributed by atoms with Crippen LogP contribution in [0.25, 0.3) is 0 Å². The van der Waals surface area contributed by atoms with Crippen molar-refractivity contribution in [3.05, 3.63) is 30.3 Å². The van der Waals surface area contributed by atoms with Gasteiger partial charge in [-0.05, 0) is 32.4 Å². The molecule has 3 amide bonds. The number of anilines is 1. The van der Waals surface area contributed by atoms with Crippen LogP contribution in [-0.4, -0.2) is 53.1 Å². The van der Waals surface area contributed by atoms with Crippen LogP contribution in [0.1, 0.15) is 20.3 Å². The molecular formula is C16H21N3O4. The van der Waals surface area contributed by atoms with Crippen molar-refractivity contribution in [2.24, 2.45) is 0 Å². The van der Waals surface area contributed by atoms with E-state index in [-0.39, 0.29) is 19.0 Å². The maximum atomic E-state index is 12.1. The molecule has 2 rings (SSSR count). The SMILES string of the molecule is CC1(C)NC(=O)N(CCCN(CC(=O)O)c2ccccc2)C1=O. The lowest BCUT2D eigenvalue weighted by molar-refractivity contribution is -0.135. The third kappa shape index (κ3) is 4.00. The van der Waals surface area contributed by atoms with E-state index in [0.29, 0.717) is 13.0 Å². The molecule has 7 heteroatoms. The van der Waals surface area contributed by atoms with E-state index < -0.39 is 17.5 Å². The van der Waals surface area contributed by atoms with Crippen molar-refractivity contribution in [2.45, 2.75) is 25.8 Å². The molecule has 0 atom stereocenters. The molecular weight excluding hydrogens is 298 g/mol. The van der Waals surface area contributed by atoms with Gasteiger partial charge in [0.05, 0.1) is 0 Å². The molecule has 1 fully saturated rings. The Morgan fingerprint density at radius 1 is 1.26 bits per heavy atom. The number of benzene rings is 1. The molecule has 0 aromatic heterocycles. The van der Waals surface area contributed by atoms with E-state index in [9.17, 15) is 14.4 Å². The molecule has 124 valence electrons. The molecule has 1 aliphatic heterocycles. The predicted molar refractivity (Wildman–Crippen MR) is 85.2 cm³/mol. The average molecular weight is 319 g/mol. The Hall–Kier alpha value is -2.57. The molecule has 1 aromatic rings. The van der Waals surface area contributed by atoms with Crippen LogP contribution in [0.15, 0.2) is 30.3 Å². The highest BCUT2D eigenvalue weighted by atomic mass is 16.4. The minimum absolute atomic E-state index is 0.129. The van der Waals surface area contributed by atoms with E-state index in [4.69, 9.17) is 5.11 Å². The van der Waals surface area contributed by atoms with E-state index in [1.165, 1.54) is 4.90 Å². The summed E-state index contributed by atoms with van der Waals surface area (Å²) >= 11 is 0. The second kappa shape index (κ2) is 6.68. The molecule has 1 aliphatic rings. The number of aliphatic carboxylic acids is 1. The molecule has 1 heterocycles. The van der Waals surface area contributed by atoms with Crippen molar-refractivity contribution in [3.63, 3.8) is 0 Å². The third-order valence-electron chi connectivity index (χ3n) is 3.70. The molecule has 2 N–H and O–H groups in total. The van der Waals surface area contributed by atoms with Crippen LogP contribution in [0.2, 0.25) is 0 Å². The maximum Gasteiger partial charge on any atom is 0.325 e. The van der Waals surface area contributed by atoms with Gasteiger partial charge in [-0.2, -0.15) is 0 Å². The molecule has 0 saturated carbocycles. The van der Waals surface area contributed by atoms with Gasteiger partial charge in [0.15, 0.2) is 0 Å². The monoisotopic (exact) mass is 319 g/mol. The van der Waals surface area contributed by atoms with Gasteiger partial charge in [-0.25, -0.2) is 4.79 Å². The predicted octanol–water partition coefficient (Wildman–Crippen LogP) is 1.30. The Balaban J connectivity index is 1.96. The normalized spacial score (nSPS) is 16.3. The van der Waals surface area contributed by atoms with Gasteiger partial charge in [-0.1, -0.05) is 18.2 Å². The number of imide groups is 1. The molecule has 0 bridgehead atoms. The number of para-hydroxylation sites is 1. The van der Waals surface area contributed by atoms with Gasteiger partial charge >= 0.3 is 12.0 Å². The second-order valence-electron chi connectivity index (χ2n) is 6.02. The minimum Gasteiger partial charge on any atom is -0.480 e. The van der Waals surface area contributed by atoms with Gasteiger partial charge in [0.25, 0.3) is 5.91 Å². The number of hydrogen-bond donors (Lipinski definition) is 2. The summed E-state index contributed by atoms with van der Waals surface area (Å²) in [7, 11) is 0. The molecule has 0 unspecified atom stereocenters. The molecule has 0 radical (unpaired) electrons. The summed E-state index contributed by atoms with van der Waals surface area (Å²) in [5.74, 6) is -1.18. The Morgan fingerprint density at radius 3 is 2.43 bits per heavy atom. The fraction of sp³-hybridized carbons (Fsp3) is 0.438. The Bertz CT molecular complexity index is 601. The number of urea groups is 1. The van der Waals surface area contributed by atoms with Crippen LogP contribution in [0.5, 0.6) is 0 Å². The Kier molecular flexibility index (Phi) is 4.88. The largest absolute Gasteiger partial charge is 0.480 e. The van der Waals surface area contributed by atoms with Gasteiger partial charge in [-0.3, -0.25) is 14.5 Å². The van der Waals surface area contributed by atoms with Gasteiger partial charge < -0.3 is 15.3 Å². The van der Waals surface area contributed by atoms with Crippen LogP contribution in [-0.2, 0) is 9.59 Å². The fourth-order valence-corrected chi connectivity index (χ4v) is 2.54. The van der Waals surface area contributed by atoms with Crippen molar-refractivity contribution in [3.8, 4) is 0 Å². The molecule has 0 spiro atoms. The molecule has 1 aromatic carbocycles. The lowest BCUT2D eigenvalue weighted by Crippen LogP contribution is -2.40. The minimum atomic E-state index is -0.926. The highest BCUT2D eigenvalue weighted by molar-refractivity contribution is 6.06. The Morgan fingerprint density at radius 2 is 1.91 bits per heavy atom. The maximum absolute atomic E-state index is 12.1. The second-order valence-corrected chi connectivity index (χ2v) is 6.02. The van der Waals surface area contributed by atoms with Gasteiger partial charge in [0, 0.05) is 18.8 Å².